The van der Waals surface area contributed by atoms with Gasteiger partial charge >= 0.3 is 0 Å². The van der Waals surface area contributed by atoms with Crippen molar-refractivity contribution in [2.75, 3.05) is 44.7 Å². The minimum atomic E-state index is -1.69. The van der Waals surface area contributed by atoms with Crippen LogP contribution in [0.3, 0.4) is 0 Å². The molecule has 3 rings (SSSR count). The highest BCUT2D eigenvalue weighted by Gasteiger charge is 2.42. The van der Waals surface area contributed by atoms with Crippen LogP contribution in [0.15, 0.2) is 29.8 Å². The maximum atomic E-state index is 12.4. The molecule has 0 spiro atoms. The number of amides is 1. The second-order valence-electron chi connectivity index (χ2n) is 7.80. The molecule has 1 aromatic carbocycles. The number of carbonyl (C=O) groups excluding carboxylic acids is 1. The number of carbonyl (C=O) groups is 1. The second-order valence-corrected chi connectivity index (χ2v) is 7.80. The smallest absolute Gasteiger partial charge is 0.262 e. The number of aliphatic hydroxyl groups excluding tert-OH is 4. The molecule has 0 saturated carbocycles. The van der Waals surface area contributed by atoms with Gasteiger partial charge < -0.3 is 40.3 Å². The van der Waals surface area contributed by atoms with Crippen molar-refractivity contribution >= 4 is 17.7 Å². The number of ether oxygens (including phenoxy) is 1. The van der Waals surface area contributed by atoms with Gasteiger partial charge in [0.25, 0.3) is 5.91 Å². The van der Waals surface area contributed by atoms with Crippen LogP contribution >= 0.6 is 0 Å². The number of hydrogen-bond acceptors (Lipinski definition) is 9. The number of nitriles is 1. The van der Waals surface area contributed by atoms with Crippen LogP contribution in [0, 0.1) is 11.3 Å². The molecule has 31 heavy (non-hydrogen) atoms. The Morgan fingerprint density at radius 3 is 2.39 bits per heavy atom. The Kier molecular flexibility index (Phi) is 7.61. The highest BCUT2D eigenvalue weighted by atomic mass is 16.6. The predicted molar refractivity (Wildman–Crippen MR) is 112 cm³/mol. The number of hydrogen-bond donors (Lipinski definition) is 5. The SMILES string of the molecule is CN1CCN(c2ccc(/C=C(\C#N)C(=O)NC[C@H]3O[C@@H](O)[C@H](O)[C@@H](O)[C@@H]3O)cc2)CC1. The summed E-state index contributed by atoms with van der Waals surface area (Å²) in [6, 6.07) is 9.41. The molecule has 2 aliphatic heterocycles. The molecule has 5 N–H and O–H groups in total. The van der Waals surface area contributed by atoms with Gasteiger partial charge in [0.2, 0.25) is 0 Å². The van der Waals surface area contributed by atoms with E-state index in [2.05, 4.69) is 22.2 Å². The lowest BCUT2D eigenvalue weighted by Crippen LogP contribution is -2.60. The molecule has 2 fully saturated rings. The van der Waals surface area contributed by atoms with Gasteiger partial charge in [-0.3, -0.25) is 4.79 Å². The zero-order valence-electron chi connectivity index (χ0n) is 17.3. The van der Waals surface area contributed by atoms with E-state index < -0.39 is 36.6 Å². The van der Waals surface area contributed by atoms with E-state index in [0.29, 0.717) is 5.56 Å². The predicted octanol–water partition coefficient (Wildman–Crippen LogP) is -1.74. The first-order valence-electron chi connectivity index (χ1n) is 10.1. The normalized spacial score (nSPS) is 30.0. The molecule has 0 bridgehead atoms. The Morgan fingerprint density at radius 1 is 1.13 bits per heavy atom. The van der Waals surface area contributed by atoms with E-state index in [1.165, 1.54) is 6.08 Å². The van der Waals surface area contributed by atoms with Gasteiger partial charge in [-0.25, -0.2) is 0 Å². The maximum Gasteiger partial charge on any atom is 0.262 e. The van der Waals surface area contributed by atoms with Crippen LogP contribution in [0.4, 0.5) is 5.69 Å². The van der Waals surface area contributed by atoms with Gasteiger partial charge in [-0.1, -0.05) is 12.1 Å². The van der Waals surface area contributed by atoms with E-state index in [0.717, 1.165) is 31.9 Å². The molecule has 10 heteroatoms. The summed E-state index contributed by atoms with van der Waals surface area (Å²) in [4.78, 5) is 16.9. The van der Waals surface area contributed by atoms with Crippen LogP contribution in [0.25, 0.3) is 6.08 Å². The van der Waals surface area contributed by atoms with E-state index >= 15 is 0 Å². The maximum absolute atomic E-state index is 12.4. The summed E-state index contributed by atoms with van der Waals surface area (Å²) in [5, 5.41) is 50.5. The Bertz CT molecular complexity index is 831. The van der Waals surface area contributed by atoms with E-state index in [4.69, 9.17) is 4.74 Å². The van der Waals surface area contributed by atoms with Gasteiger partial charge in [-0.15, -0.1) is 0 Å². The third-order valence-corrected chi connectivity index (χ3v) is 5.59. The molecule has 1 amide bonds. The van der Waals surface area contributed by atoms with Crippen molar-refractivity contribution in [3.05, 3.63) is 35.4 Å². The Labute approximate surface area is 180 Å². The number of anilines is 1. The minimum Gasteiger partial charge on any atom is -0.388 e. The fourth-order valence-electron chi connectivity index (χ4n) is 3.55. The minimum absolute atomic E-state index is 0.140. The molecule has 2 saturated heterocycles. The number of rotatable bonds is 5. The third-order valence-electron chi connectivity index (χ3n) is 5.59. The lowest BCUT2D eigenvalue weighted by Gasteiger charge is -2.38. The standard InChI is InChI=1S/C21H28N4O6/c1-24-6-8-25(9-7-24)15-4-2-13(3-5-15)10-14(11-22)20(29)23-12-16-17(26)18(27)19(28)21(30)31-16/h2-5,10,16-19,21,26-28,30H,6-9,12H2,1H3,(H,23,29)/b14-10+/t16-,17-,18+,19-,21-/m1/s1. The third kappa shape index (κ3) is 5.59. The zero-order valence-corrected chi connectivity index (χ0v) is 17.3. The molecule has 168 valence electrons. The molecule has 0 radical (unpaired) electrons. The average Bonchev–Trinajstić information content (AvgIpc) is 2.78. The number of piperazine rings is 1. The lowest BCUT2D eigenvalue weighted by molar-refractivity contribution is -0.280. The fourth-order valence-corrected chi connectivity index (χ4v) is 3.55. The molecule has 0 aromatic heterocycles. The quantitative estimate of drug-likeness (QED) is 0.270. The summed E-state index contributed by atoms with van der Waals surface area (Å²) in [7, 11) is 2.09. The van der Waals surface area contributed by atoms with Crippen molar-refractivity contribution in [1.29, 1.82) is 5.26 Å². The summed E-state index contributed by atoms with van der Waals surface area (Å²) < 4.78 is 5.01. The van der Waals surface area contributed by atoms with E-state index in [1.54, 1.807) is 0 Å². The van der Waals surface area contributed by atoms with E-state index in [9.17, 15) is 30.5 Å². The van der Waals surface area contributed by atoms with Crippen LogP contribution in [-0.2, 0) is 9.53 Å². The zero-order chi connectivity index (χ0) is 22.5. The molecule has 0 unspecified atom stereocenters. The van der Waals surface area contributed by atoms with E-state index in [-0.39, 0.29) is 12.1 Å². The first-order chi connectivity index (χ1) is 14.8. The van der Waals surface area contributed by atoms with Gasteiger partial charge in [-0.05, 0) is 30.8 Å². The van der Waals surface area contributed by atoms with E-state index in [1.807, 2.05) is 30.3 Å². The van der Waals surface area contributed by atoms with Crippen molar-refractivity contribution < 1.29 is 30.0 Å². The number of benzene rings is 1. The summed E-state index contributed by atoms with van der Waals surface area (Å²) in [6.45, 7) is 3.60. The van der Waals surface area contributed by atoms with Gasteiger partial charge in [-0.2, -0.15) is 5.26 Å². The number of nitrogens with one attached hydrogen (secondary N) is 1. The van der Waals surface area contributed by atoms with Crippen LogP contribution in [0.1, 0.15) is 5.56 Å². The largest absolute Gasteiger partial charge is 0.388 e. The van der Waals surface area contributed by atoms with Crippen LogP contribution in [0.5, 0.6) is 0 Å². The molecule has 1 aromatic rings. The number of aliphatic hydroxyl groups is 4. The first-order valence-corrected chi connectivity index (χ1v) is 10.1. The fraction of sp³-hybridized carbons (Fsp3) is 0.524. The van der Waals surface area contributed by atoms with Gasteiger partial charge in [0.1, 0.15) is 36.1 Å². The van der Waals surface area contributed by atoms with Gasteiger partial charge in [0.05, 0.1) is 0 Å². The Hall–Kier alpha value is -2.52. The highest BCUT2D eigenvalue weighted by molar-refractivity contribution is 6.01. The Morgan fingerprint density at radius 2 is 1.77 bits per heavy atom. The lowest BCUT2D eigenvalue weighted by atomic mass is 9.99. The van der Waals surface area contributed by atoms with Crippen LogP contribution in [-0.4, -0.2) is 102 Å². The highest BCUT2D eigenvalue weighted by Crippen LogP contribution is 2.20. The summed E-state index contributed by atoms with van der Waals surface area (Å²) in [5.41, 5.74) is 1.63. The average molecular weight is 432 g/mol. The molecule has 0 aliphatic carbocycles. The number of nitrogens with zero attached hydrogens (tertiary/aromatic N) is 3. The molecule has 5 atom stereocenters. The topological polar surface area (TPSA) is 150 Å². The Balaban J connectivity index is 1.59. The van der Waals surface area contributed by atoms with Crippen LogP contribution < -0.4 is 10.2 Å². The van der Waals surface area contributed by atoms with Crippen molar-refractivity contribution in [3.8, 4) is 6.07 Å². The monoisotopic (exact) mass is 432 g/mol. The van der Waals surface area contributed by atoms with Gasteiger partial charge in [0, 0.05) is 38.4 Å². The van der Waals surface area contributed by atoms with Crippen LogP contribution in [0.2, 0.25) is 0 Å². The second kappa shape index (κ2) is 10.2. The summed E-state index contributed by atoms with van der Waals surface area (Å²) in [5.74, 6) is -0.684. The van der Waals surface area contributed by atoms with Crippen molar-refractivity contribution in [1.82, 2.24) is 10.2 Å². The van der Waals surface area contributed by atoms with Crippen molar-refractivity contribution in [2.24, 2.45) is 0 Å². The van der Waals surface area contributed by atoms with Crippen molar-refractivity contribution in [2.45, 2.75) is 30.7 Å². The molecule has 2 heterocycles. The van der Waals surface area contributed by atoms with Gasteiger partial charge in [0.15, 0.2) is 6.29 Å². The molecule has 2 aliphatic rings. The molecular formula is C21H28N4O6. The van der Waals surface area contributed by atoms with Crippen molar-refractivity contribution in [3.63, 3.8) is 0 Å². The first kappa shape index (κ1) is 23.1. The number of likely N-dealkylation sites (N-methyl/N-ethyl adjacent to an activating group) is 1. The molecule has 10 nitrogen and oxygen atoms in total. The molecular weight excluding hydrogens is 404 g/mol. The summed E-state index contributed by atoms with van der Waals surface area (Å²) >= 11 is 0. The summed E-state index contributed by atoms with van der Waals surface area (Å²) in [6.07, 6.45) is -6.14.